The molecule has 1 aromatic heterocycles. The molecule has 3 aliphatic heterocycles. The molecule has 0 N–H and O–H groups in total. The molecule has 7 atom stereocenters. The van der Waals surface area contributed by atoms with E-state index in [1.807, 2.05) is 12.3 Å². The molecule has 4 heteroatoms. The zero-order chi connectivity index (χ0) is 16.0. The largest absolute Gasteiger partial charge is 0.472 e. The van der Waals surface area contributed by atoms with Gasteiger partial charge in [-0.3, -0.25) is 0 Å². The maximum Gasteiger partial charge on any atom is 0.164 e. The Morgan fingerprint density at radius 3 is 2.88 bits per heavy atom. The standard InChI is InChI=1S/C20H26O4/c1-13-4-7-18-11-22-17-20(13,9-15(24-17)14-5-8-21-10-14)16(18)3-2-6-19(18)12-23-19/h5,8,10,13,15-17H,2-4,6-7,9,11-12H2,1H3/t13-,15?,16+,17?,18+,19?,20?/m0/s1. The number of hydrogen-bond donors (Lipinski definition) is 0. The Labute approximate surface area is 142 Å². The van der Waals surface area contributed by atoms with Gasteiger partial charge in [-0.05, 0) is 50.0 Å². The van der Waals surface area contributed by atoms with E-state index in [0.29, 0.717) is 11.8 Å². The van der Waals surface area contributed by atoms with Crippen LogP contribution in [0.1, 0.15) is 57.1 Å². The summed E-state index contributed by atoms with van der Waals surface area (Å²) in [5.41, 5.74) is 1.68. The van der Waals surface area contributed by atoms with E-state index in [0.717, 1.165) is 19.6 Å². The highest BCUT2D eigenvalue weighted by Crippen LogP contribution is 2.74. The predicted octanol–water partition coefficient (Wildman–Crippen LogP) is 4.07. The molecule has 4 heterocycles. The fourth-order valence-electron chi connectivity index (χ4n) is 7.08. The summed E-state index contributed by atoms with van der Waals surface area (Å²) in [6, 6.07) is 2.05. The maximum absolute atomic E-state index is 6.47. The molecule has 5 fully saturated rings. The monoisotopic (exact) mass is 330 g/mol. The molecule has 24 heavy (non-hydrogen) atoms. The number of epoxide rings is 1. The fraction of sp³-hybridized carbons (Fsp3) is 0.800. The quantitative estimate of drug-likeness (QED) is 0.728. The highest BCUT2D eigenvalue weighted by Gasteiger charge is 2.76. The van der Waals surface area contributed by atoms with Crippen molar-refractivity contribution in [2.45, 2.75) is 63.4 Å². The summed E-state index contributed by atoms with van der Waals surface area (Å²) in [6.45, 7) is 4.21. The molecule has 5 aliphatic rings. The molecule has 2 aliphatic carbocycles. The van der Waals surface area contributed by atoms with Crippen LogP contribution in [-0.4, -0.2) is 25.1 Å². The first kappa shape index (κ1) is 14.3. The van der Waals surface area contributed by atoms with Crippen molar-refractivity contribution >= 4 is 0 Å². The van der Waals surface area contributed by atoms with Crippen LogP contribution in [-0.2, 0) is 14.2 Å². The van der Waals surface area contributed by atoms with Crippen LogP contribution < -0.4 is 0 Å². The van der Waals surface area contributed by atoms with Gasteiger partial charge in [0.05, 0.1) is 37.4 Å². The maximum atomic E-state index is 6.47. The molecule has 0 radical (unpaired) electrons. The van der Waals surface area contributed by atoms with Crippen LogP contribution in [0.25, 0.3) is 0 Å². The van der Waals surface area contributed by atoms with Crippen LogP contribution in [0.2, 0.25) is 0 Å². The molecule has 130 valence electrons. The first-order chi connectivity index (χ1) is 11.7. The Bertz CT molecular complexity index is 651. The summed E-state index contributed by atoms with van der Waals surface area (Å²) >= 11 is 0. The van der Waals surface area contributed by atoms with Gasteiger partial charge in [0, 0.05) is 16.4 Å². The highest BCUT2D eigenvalue weighted by molar-refractivity contribution is 5.24. The van der Waals surface area contributed by atoms with Crippen LogP contribution in [0.4, 0.5) is 0 Å². The number of furan rings is 1. The minimum Gasteiger partial charge on any atom is -0.472 e. The van der Waals surface area contributed by atoms with Crippen LogP contribution in [0.3, 0.4) is 0 Å². The Kier molecular flexibility index (Phi) is 2.67. The molecule has 3 saturated heterocycles. The Balaban J connectivity index is 1.45. The smallest absolute Gasteiger partial charge is 0.164 e. The second-order valence-corrected chi connectivity index (χ2v) is 8.96. The summed E-state index contributed by atoms with van der Waals surface area (Å²) in [4.78, 5) is 0. The third-order valence-corrected chi connectivity index (χ3v) is 8.40. The molecular weight excluding hydrogens is 304 g/mol. The lowest BCUT2D eigenvalue weighted by Crippen LogP contribution is -2.67. The van der Waals surface area contributed by atoms with Crippen molar-refractivity contribution in [3.8, 4) is 0 Å². The highest BCUT2D eigenvalue weighted by atomic mass is 16.7. The van der Waals surface area contributed by atoms with E-state index in [1.54, 1.807) is 6.26 Å². The lowest BCUT2D eigenvalue weighted by molar-refractivity contribution is -0.308. The van der Waals surface area contributed by atoms with E-state index in [1.165, 1.54) is 37.7 Å². The second-order valence-electron chi connectivity index (χ2n) is 8.96. The van der Waals surface area contributed by atoms with Gasteiger partial charge in [-0.2, -0.15) is 0 Å². The van der Waals surface area contributed by atoms with E-state index in [-0.39, 0.29) is 28.8 Å². The van der Waals surface area contributed by atoms with Gasteiger partial charge in [-0.15, -0.1) is 0 Å². The Morgan fingerprint density at radius 2 is 2.08 bits per heavy atom. The summed E-state index contributed by atoms with van der Waals surface area (Å²) in [5, 5.41) is 0. The number of rotatable bonds is 1. The normalized spacial score (nSPS) is 55.2. The first-order valence-corrected chi connectivity index (χ1v) is 9.63. The average molecular weight is 330 g/mol. The van der Waals surface area contributed by atoms with Gasteiger partial charge in [-0.1, -0.05) is 13.3 Å². The van der Waals surface area contributed by atoms with Crippen LogP contribution in [0.15, 0.2) is 23.0 Å². The zero-order valence-electron chi connectivity index (χ0n) is 14.3. The second kappa shape index (κ2) is 4.46. The van der Waals surface area contributed by atoms with E-state index in [9.17, 15) is 0 Å². The van der Waals surface area contributed by atoms with Crippen molar-refractivity contribution in [1.82, 2.24) is 0 Å². The lowest BCUT2D eigenvalue weighted by atomic mass is 9.42. The predicted molar refractivity (Wildman–Crippen MR) is 86.2 cm³/mol. The van der Waals surface area contributed by atoms with Crippen LogP contribution >= 0.6 is 0 Å². The molecule has 2 spiro atoms. The first-order valence-electron chi connectivity index (χ1n) is 9.63. The van der Waals surface area contributed by atoms with Gasteiger partial charge in [0.1, 0.15) is 0 Å². The van der Waals surface area contributed by atoms with Gasteiger partial charge in [0.25, 0.3) is 0 Å². The van der Waals surface area contributed by atoms with E-state index in [4.69, 9.17) is 18.6 Å². The molecule has 4 unspecified atom stereocenters. The molecule has 4 nitrogen and oxygen atoms in total. The molecule has 0 amide bonds. The van der Waals surface area contributed by atoms with Crippen LogP contribution in [0, 0.1) is 22.7 Å². The summed E-state index contributed by atoms with van der Waals surface area (Å²) < 4.78 is 24.4. The number of hydrogen-bond acceptors (Lipinski definition) is 4. The third-order valence-electron chi connectivity index (χ3n) is 8.40. The van der Waals surface area contributed by atoms with E-state index < -0.39 is 0 Å². The van der Waals surface area contributed by atoms with Gasteiger partial charge < -0.3 is 18.6 Å². The van der Waals surface area contributed by atoms with Crippen molar-refractivity contribution in [2.24, 2.45) is 22.7 Å². The minimum absolute atomic E-state index is 0.0558. The SMILES string of the molecule is C[C@H]1CC[C@@]23COC4OC(c5ccoc5)CC41[C@@H]2CCCC31CO1. The van der Waals surface area contributed by atoms with E-state index in [2.05, 4.69) is 6.92 Å². The van der Waals surface area contributed by atoms with Crippen molar-refractivity contribution in [3.05, 3.63) is 24.2 Å². The summed E-state index contributed by atoms with van der Waals surface area (Å²) in [6.07, 6.45) is 11.1. The molecule has 2 bridgehead atoms. The topological polar surface area (TPSA) is 44.1 Å². The average Bonchev–Trinajstić information content (AvgIpc) is 3.03. The summed E-state index contributed by atoms with van der Waals surface area (Å²) in [5.74, 6) is 1.33. The van der Waals surface area contributed by atoms with Crippen molar-refractivity contribution < 1.29 is 18.6 Å². The van der Waals surface area contributed by atoms with Crippen molar-refractivity contribution in [3.63, 3.8) is 0 Å². The lowest BCUT2D eigenvalue weighted by Gasteiger charge is -2.64. The van der Waals surface area contributed by atoms with E-state index >= 15 is 0 Å². The molecule has 2 saturated carbocycles. The van der Waals surface area contributed by atoms with Gasteiger partial charge in [0.15, 0.2) is 6.29 Å². The van der Waals surface area contributed by atoms with Gasteiger partial charge in [-0.25, -0.2) is 0 Å². The summed E-state index contributed by atoms with van der Waals surface area (Å²) in [7, 11) is 0. The molecule has 6 rings (SSSR count). The molecule has 0 aromatic carbocycles. The van der Waals surface area contributed by atoms with Crippen LogP contribution in [0.5, 0.6) is 0 Å². The third kappa shape index (κ3) is 1.48. The van der Waals surface area contributed by atoms with Gasteiger partial charge >= 0.3 is 0 Å². The van der Waals surface area contributed by atoms with Gasteiger partial charge in [0.2, 0.25) is 0 Å². The zero-order valence-corrected chi connectivity index (χ0v) is 14.3. The van der Waals surface area contributed by atoms with Crippen molar-refractivity contribution in [2.75, 3.05) is 13.2 Å². The Morgan fingerprint density at radius 1 is 1.17 bits per heavy atom. The minimum atomic E-state index is -0.0558. The van der Waals surface area contributed by atoms with Crippen molar-refractivity contribution in [1.29, 1.82) is 0 Å². The molecule has 1 aromatic rings. The fourth-order valence-corrected chi connectivity index (χ4v) is 7.08. The number of ether oxygens (including phenoxy) is 3. The Hall–Kier alpha value is -0.840. The molecular formula is C20H26O4.